The first-order valence-electron chi connectivity index (χ1n) is 14.3. The number of anilines is 1. The van der Waals surface area contributed by atoms with Crippen molar-refractivity contribution >= 4 is 35.3 Å². The molecule has 0 spiro atoms. The highest BCUT2D eigenvalue weighted by Gasteiger charge is 2.29. The number of likely N-dealkylation sites (tertiary alicyclic amines) is 1. The summed E-state index contributed by atoms with van der Waals surface area (Å²) in [6.07, 6.45) is 4.19. The molecule has 2 amide bonds. The molecule has 2 unspecified atom stereocenters. The van der Waals surface area contributed by atoms with Gasteiger partial charge in [0.05, 0.1) is 17.1 Å². The zero-order valence-electron chi connectivity index (χ0n) is 23.7. The fraction of sp³-hybridized carbons (Fsp3) is 0.353. The first-order valence-corrected chi connectivity index (χ1v) is 15.1. The minimum Gasteiger partial charge on any atom is -0.352 e. The molecule has 208 valence electrons. The lowest BCUT2D eigenvalue weighted by atomic mass is 9.92. The van der Waals surface area contributed by atoms with E-state index in [1.54, 1.807) is 0 Å². The van der Waals surface area contributed by atoms with Crippen LogP contribution in [0.3, 0.4) is 0 Å². The zero-order chi connectivity index (χ0) is 28.1. The molecule has 1 fully saturated rings. The van der Waals surface area contributed by atoms with E-state index in [0.29, 0.717) is 23.6 Å². The molecule has 0 aromatic heterocycles. The van der Waals surface area contributed by atoms with Gasteiger partial charge in [-0.1, -0.05) is 79.7 Å². The smallest absolute Gasteiger partial charge is 0.265 e. The molecule has 0 bridgehead atoms. The van der Waals surface area contributed by atoms with Crippen LogP contribution in [0.1, 0.15) is 53.7 Å². The molecule has 2 aliphatic heterocycles. The lowest BCUT2D eigenvalue weighted by Gasteiger charge is -2.34. The molecule has 0 saturated carbocycles. The Hall–Kier alpha value is -3.35. The van der Waals surface area contributed by atoms with Crippen LogP contribution in [0.25, 0.3) is 6.08 Å². The molecule has 3 aromatic rings. The van der Waals surface area contributed by atoms with Crippen LogP contribution in [-0.4, -0.2) is 42.9 Å². The predicted molar refractivity (Wildman–Crippen MR) is 165 cm³/mol. The second-order valence-electron chi connectivity index (χ2n) is 11.4. The summed E-state index contributed by atoms with van der Waals surface area (Å²) in [5.74, 6) is 1.44. The van der Waals surface area contributed by atoms with Crippen molar-refractivity contribution < 1.29 is 9.59 Å². The minimum absolute atomic E-state index is 0.00970. The van der Waals surface area contributed by atoms with Crippen molar-refractivity contribution in [2.75, 3.05) is 31.1 Å². The highest BCUT2D eigenvalue weighted by molar-refractivity contribution is 8.04. The number of thioether (sulfide) groups is 1. The molecule has 1 saturated heterocycles. The van der Waals surface area contributed by atoms with Crippen molar-refractivity contribution in [3.8, 4) is 0 Å². The molecule has 5 nitrogen and oxygen atoms in total. The molecule has 2 aliphatic rings. The lowest BCUT2D eigenvalue weighted by Crippen LogP contribution is -2.40. The van der Waals surface area contributed by atoms with Gasteiger partial charge in [-0.3, -0.25) is 9.59 Å². The van der Waals surface area contributed by atoms with Crippen molar-refractivity contribution in [2.45, 2.75) is 45.1 Å². The van der Waals surface area contributed by atoms with E-state index in [2.05, 4.69) is 55.3 Å². The normalized spacial score (nSPS) is 20.4. The summed E-state index contributed by atoms with van der Waals surface area (Å²) in [7, 11) is 0. The van der Waals surface area contributed by atoms with Crippen LogP contribution in [0.15, 0.2) is 82.6 Å². The molecule has 40 heavy (non-hydrogen) atoms. The van der Waals surface area contributed by atoms with Crippen LogP contribution in [0.2, 0.25) is 0 Å². The number of carbonyl (C=O) groups is 2. The van der Waals surface area contributed by atoms with Gasteiger partial charge < -0.3 is 15.1 Å². The van der Waals surface area contributed by atoms with Gasteiger partial charge in [-0.2, -0.15) is 0 Å². The molecule has 1 N–H and O–H groups in total. The molecule has 3 aromatic carbocycles. The third-order valence-corrected chi connectivity index (χ3v) is 8.68. The summed E-state index contributed by atoms with van der Waals surface area (Å²) >= 11 is 1.50. The van der Waals surface area contributed by atoms with Gasteiger partial charge in [0.25, 0.3) is 11.8 Å². The van der Waals surface area contributed by atoms with Crippen LogP contribution < -0.4 is 10.2 Å². The summed E-state index contributed by atoms with van der Waals surface area (Å²) in [5.41, 5.74) is 4.75. The van der Waals surface area contributed by atoms with E-state index in [1.165, 1.54) is 23.7 Å². The molecular formula is C34H39N3O2S. The quantitative estimate of drug-likeness (QED) is 0.247. The van der Waals surface area contributed by atoms with Crippen molar-refractivity contribution in [2.24, 2.45) is 11.8 Å². The number of piperidine rings is 1. The van der Waals surface area contributed by atoms with Gasteiger partial charge in [-0.05, 0) is 79.6 Å². The van der Waals surface area contributed by atoms with E-state index in [9.17, 15) is 9.59 Å². The molecule has 0 aliphatic carbocycles. The van der Waals surface area contributed by atoms with E-state index < -0.39 is 0 Å². The van der Waals surface area contributed by atoms with Gasteiger partial charge in [0.15, 0.2) is 0 Å². The van der Waals surface area contributed by atoms with Crippen LogP contribution >= 0.6 is 11.8 Å². The Labute approximate surface area is 242 Å². The number of hydrogen-bond acceptors (Lipinski definition) is 4. The maximum absolute atomic E-state index is 13.6. The second kappa shape index (κ2) is 12.9. The molecular weight excluding hydrogens is 514 g/mol. The number of benzene rings is 3. The molecule has 2 atom stereocenters. The Kier molecular flexibility index (Phi) is 9.08. The number of rotatable bonds is 8. The predicted octanol–water partition coefficient (Wildman–Crippen LogP) is 6.77. The van der Waals surface area contributed by atoms with E-state index in [4.69, 9.17) is 0 Å². The monoisotopic (exact) mass is 553 g/mol. The Balaban J connectivity index is 1.21. The number of amides is 2. The summed E-state index contributed by atoms with van der Waals surface area (Å²) in [6.45, 7) is 11.3. The van der Waals surface area contributed by atoms with Gasteiger partial charge >= 0.3 is 0 Å². The average Bonchev–Trinajstić information content (AvgIpc) is 2.93. The standard InChI is InChI=1S/C34H39N3O2S/c1-24-8-6-9-28(19-24)23-37-30-10-4-5-11-31(30)40-32(34(37)39)20-27-12-14-29(15-13-27)33(38)35-16-7-17-36-21-25(2)18-26(3)22-36/h4-6,8-15,19-20,25-26H,7,16-18,21-23H2,1-3H3,(H,35,38). The molecule has 2 heterocycles. The maximum atomic E-state index is 13.6. The number of aryl methyl sites for hydroxylation is 1. The van der Waals surface area contributed by atoms with E-state index in [1.807, 2.05) is 59.5 Å². The summed E-state index contributed by atoms with van der Waals surface area (Å²) < 4.78 is 0. The number of carbonyl (C=O) groups excluding carboxylic acids is 2. The van der Waals surface area contributed by atoms with E-state index in [0.717, 1.165) is 59.6 Å². The van der Waals surface area contributed by atoms with Gasteiger partial charge in [0.1, 0.15) is 0 Å². The van der Waals surface area contributed by atoms with Gasteiger partial charge in [-0.15, -0.1) is 0 Å². The summed E-state index contributed by atoms with van der Waals surface area (Å²) in [4.78, 5) is 32.5. The van der Waals surface area contributed by atoms with E-state index >= 15 is 0 Å². The number of hydrogen-bond donors (Lipinski definition) is 1. The third kappa shape index (κ3) is 7.04. The molecule has 5 rings (SSSR count). The van der Waals surface area contributed by atoms with Crippen molar-refractivity contribution in [1.82, 2.24) is 10.2 Å². The Morgan fingerprint density at radius 3 is 2.50 bits per heavy atom. The number of nitrogens with zero attached hydrogens (tertiary/aromatic N) is 2. The fourth-order valence-electron chi connectivity index (χ4n) is 5.88. The topological polar surface area (TPSA) is 52.7 Å². The fourth-order valence-corrected chi connectivity index (χ4v) is 6.93. The second-order valence-corrected chi connectivity index (χ2v) is 12.5. The van der Waals surface area contributed by atoms with Crippen molar-refractivity contribution in [3.05, 3.63) is 100.0 Å². The Bertz CT molecular complexity index is 1370. The van der Waals surface area contributed by atoms with Crippen molar-refractivity contribution in [1.29, 1.82) is 0 Å². The Morgan fingerprint density at radius 1 is 1.00 bits per heavy atom. The van der Waals surface area contributed by atoms with E-state index in [-0.39, 0.29) is 11.8 Å². The van der Waals surface area contributed by atoms with Crippen LogP contribution in [-0.2, 0) is 11.3 Å². The number of fused-ring (bicyclic) bond motifs is 1. The average molecular weight is 554 g/mol. The van der Waals surface area contributed by atoms with Crippen LogP contribution in [0, 0.1) is 18.8 Å². The van der Waals surface area contributed by atoms with Crippen molar-refractivity contribution in [3.63, 3.8) is 0 Å². The van der Waals surface area contributed by atoms with Crippen LogP contribution in [0.5, 0.6) is 0 Å². The highest BCUT2D eigenvalue weighted by atomic mass is 32.2. The summed E-state index contributed by atoms with van der Waals surface area (Å²) in [5, 5.41) is 3.07. The van der Waals surface area contributed by atoms with Gasteiger partial charge in [0.2, 0.25) is 0 Å². The lowest BCUT2D eigenvalue weighted by molar-refractivity contribution is -0.114. The van der Waals surface area contributed by atoms with Crippen LogP contribution in [0.4, 0.5) is 5.69 Å². The third-order valence-electron chi connectivity index (χ3n) is 7.61. The number of nitrogens with one attached hydrogen (secondary N) is 1. The molecule has 6 heteroatoms. The summed E-state index contributed by atoms with van der Waals surface area (Å²) in [6, 6.07) is 23.8. The van der Waals surface area contributed by atoms with Gasteiger partial charge in [-0.25, -0.2) is 0 Å². The first kappa shape index (κ1) is 28.2. The van der Waals surface area contributed by atoms with Gasteiger partial charge in [0, 0.05) is 30.1 Å². The SMILES string of the molecule is Cc1cccc(CN2C(=O)C(=Cc3ccc(C(=O)NCCCN4CC(C)CC(C)C4)cc3)Sc3ccccc32)c1. The number of para-hydroxylation sites is 1. The maximum Gasteiger partial charge on any atom is 0.265 e. The minimum atomic E-state index is -0.0547. The largest absolute Gasteiger partial charge is 0.352 e. The highest BCUT2D eigenvalue weighted by Crippen LogP contribution is 2.42. The molecule has 0 radical (unpaired) electrons. The zero-order valence-corrected chi connectivity index (χ0v) is 24.5. The Morgan fingerprint density at radius 2 is 1.75 bits per heavy atom. The first-order chi connectivity index (χ1) is 19.4.